The maximum absolute atomic E-state index is 12.6. The van der Waals surface area contributed by atoms with Crippen LogP contribution >= 0.6 is 0 Å². The molecule has 4 heteroatoms. The molecule has 0 radical (unpaired) electrons. The predicted octanol–water partition coefficient (Wildman–Crippen LogP) is 2.84. The Hall–Kier alpha value is -1.55. The van der Waals surface area contributed by atoms with Gasteiger partial charge in [0, 0.05) is 50.1 Å². The fourth-order valence-corrected chi connectivity index (χ4v) is 4.39. The minimum atomic E-state index is 0.311. The van der Waals surface area contributed by atoms with E-state index >= 15 is 0 Å². The second kappa shape index (κ2) is 6.52. The van der Waals surface area contributed by atoms with Crippen molar-refractivity contribution in [3.63, 3.8) is 0 Å². The van der Waals surface area contributed by atoms with Crippen molar-refractivity contribution >= 4 is 5.91 Å². The van der Waals surface area contributed by atoms with Crippen LogP contribution in [0.25, 0.3) is 0 Å². The summed E-state index contributed by atoms with van der Waals surface area (Å²) >= 11 is 0. The fraction of sp³-hybridized carbons (Fsp3) is 0.632. The first-order chi connectivity index (χ1) is 11.3. The van der Waals surface area contributed by atoms with Crippen molar-refractivity contribution in [1.29, 1.82) is 0 Å². The van der Waals surface area contributed by atoms with E-state index < -0.39 is 0 Å². The molecule has 2 fully saturated rings. The number of hydrogen-bond donors (Lipinski definition) is 0. The van der Waals surface area contributed by atoms with Gasteiger partial charge >= 0.3 is 0 Å². The molecular weight excluding hydrogens is 288 g/mol. The lowest BCUT2D eigenvalue weighted by Gasteiger charge is -2.41. The van der Waals surface area contributed by atoms with Gasteiger partial charge in [0.15, 0.2) is 0 Å². The van der Waals surface area contributed by atoms with Gasteiger partial charge in [0.25, 0.3) is 0 Å². The average Bonchev–Trinajstić information content (AvgIpc) is 3.15. The summed E-state index contributed by atoms with van der Waals surface area (Å²) in [6, 6.07) is 8.85. The largest absolute Gasteiger partial charge is 0.493 e. The van der Waals surface area contributed by atoms with E-state index in [2.05, 4.69) is 28.0 Å². The van der Waals surface area contributed by atoms with Gasteiger partial charge in [-0.3, -0.25) is 9.69 Å². The Bertz CT molecular complexity index is 560. The second-order valence-electron chi connectivity index (χ2n) is 7.03. The van der Waals surface area contributed by atoms with Gasteiger partial charge in [0.1, 0.15) is 5.75 Å². The number of amides is 1. The van der Waals surface area contributed by atoms with Gasteiger partial charge in [-0.15, -0.1) is 0 Å². The lowest BCUT2D eigenvalue weighted by atomic mass is 9.98. The average molecular weight is 314 g/mol. The van der Waals surface area contributed by atoms with Crippen molar-refractivity contribution in [1.82, 2.24) is 9.80 Å². The summed E-state index contributed by atoms with van der Waals surface area (Å²) in [5.74, 6) is 1.76. The smallest absolute Gasteiger partial charge is 0.225 e. The SMILES string of the molecule is O=C(C1CCCC1)N1CCN(C2CCOc3ccccc32)CC1. The summed E-state index contributed by atoms with van der Waals surface area (Å²) in [4.78, 5) is 17.2. The van der Waals surface area contributed by atoms with Crippen LogP contribution in [-0.4, -0.2) is 48.5 Å². The number of benzene rings is 1. The van der Waals surface area contributed by atoms with Gasteiger partial charge in [0.05, 0.1) is 6.61 Å². The topological polar surface area (TPSA) is 32.8 Å². The molecule has 1 aromatic rings. The molecule has 1 saturated carbocycles. The zero-order valence-electron chi connectivity index (χ0n) is 13.7. The minimum Gasteiger partial charge on any atom is -0.493 e. The van der Waals surface area contributed by atoms with Crippen molar-refractivity contribution in [2.24, 2.45) is 5.92 Å². The molecule has 1 amide bonds. The van der Waals surface area contributed by atoms with Gasteiger partial charge in [-0.05, 0) is 18.9 Å². The van der Waals surface area contributed by atoms with E-state index in [1.54, 1.807) is 0 Å². The molecule has 124 valence electrons. The summed E-state index contributed by atoms with van der Waals surface area (Å²) in [6.45, 7) is 4.53. The second-order valence-corrected chi connectivity index (χ2v) is 7.03. The van der Waals surface area contributed by atoms with E-state index in [0.717, 1.165) is 57.8 Å². The van der Waals surface area contributed by atoms with Gasteiger partial charge in [-0.2, -0.15) is 0 Å². The monoisotopic (exact) mass is 314 g/mol. The number of rotatable bonds is 2. The highest BCUT2D eigenvalue weighted by Crippen LogP contribution is 2.36. The number of ether oxygens (including phenoxy) is 1. The molecular formula is C19H26N2O2. The number of carbonyl (C=O) groups is 1. The highest BCUT2D eigenvalue weighted by Gasteiger charge is 2.33. The summed E-state index contributed by atoms with van der Waals surface area (Å²) in [5, 5.41) is 0. The number of fused-ring (bicyclic) bond motifs is 1. The lowest BCUT2D eigenvalue weighted by Crippen LogP contribution is -2.51. The predicted molar refractivity (Wildman–Crippen MR) is 89.4 cm³/mol. The molecule has 1 atom stereocenters. The zero-order valence-corrected chi connectivity index (χ0v) is 13.7. The highest BCUT2D eigenvalue weighted by atomic mass is 16.5. The van der Waals surface area contributed by atoms with Crippen molar-refractivity contribution in [3.05, 3.63) is 29.8 Å². The minimum absolute atomic E-state index is 0.311. The number of nitrogens with zero attached hydrogens (tertiary/aromatic N) is 2. The van der Waals surface area contributed by atoms with Crippen molar-refractivity contribution < 1.29 is 9.53 Å². The van der Waals surface area contributed by atoms with Crippen LogP contribution in [0.5, 0.6) is 5.75 Å². The third-order valence-electron chi connectivity index (χ3n) is 5.70. The fourth-order valence-electron chi connectivity index (χ4n) is 4.39. The summed E-state index contributed by atoms with van der Waals surface area (Å²) in [6.07, 6.45) is 5.72. The van der Waals surface area contributed by atoms with Crippen LogP contribution in [0, 0.1) is 5.92 Å². The Labute approximate surface area is 138 Å². The van der Waals surface area contributed by atoms with Gasteiger partial charge in [-0.25, -0.2) is 0 Å². The summed E-state index contributed by atoms with van der Waals surface area (Å²) in [7, 11) is 0. The summed E-state index contributed by atoms with van der Waals surface area (Å²) < 4.78 is 5.78. The maximum atomic E-state index is 12.6. The number of piperazine rings is 1. The molecule has 0 aromatic heterocycles. The van der Waals surface area contributed by atoms with Crippen molar-refractivity contribution in [2.45, 2.75) is 38.1 Å². The molecule has 1 unspecified atom stereocenters. The first-order valence-electron chi connectivity index (χ1n) is 9.07. The Balaban J connectivity index is 1.39. The first-order valence-corrected chi connectivity index (χ1v) is 9.07. The Morgan fingerprint density at radius 3 is 2.52 bits per heavy atom. The molecule has 1 saturated heterocycles. The van der Waals surface area contributed by atoms with Gasteiger partial charge < -0.3 is 9.64 Å². The molecule has 0 N–H and O–H groups in total. The van der Waals surface area contributed by atoms with Gasteiger partial charge in [0.2, 0.25) is 5.91 Å². The third kappa shape index (κ3) is 2.97. The molecule has 0 bridgehead atoms. The standard InChI is InChI=1S/C19H26N2O2/c22-19(15-5-1-2-6-15)21-12-10-20(11-13-21)17-9-14-23-18-8-4-3-7-16(17)18/h3-4,7-8,15,17H,1-2,5-6,9-14H2. The van der Waals surface area contributed by atoms with E-state index in [-0.39, 0.29) is 0 Å². The Morgan fingerprint density at radius 2 is 1.74 bits per heavy atom. The van der Waals surface area contributed by atoms with Crippen LogP contribution in [0.4, 0.5) is 0 Å². The highest BCUT2D eigenvalue weighted by molar-refractivity contribution is 5.79. The van der Waals surface area contributed by atoms with Crippen molar-refractivity contribution in [3.8, 4) is 5.75 Å². The Morgan fingerprint density at radius 1 is 1.00 bits per heavy atom. The molecule has 4 nitrogen and oxygen atoms in total. The number of para-hydroxylation sites is 1. The zero-order chi connectivity index (χ0) is 15.6. The normalized spacial score (nSPS) is 25.9. The van der Waals surface area contributed by atoms with Crippen LogP contribution in [0.2, 0.25) is 0 Å². The lowest BCUT2D eigenvalue weighted by molar-refractivity contribution is -0.137. The first kappa shape index (κ1) is 15.0. The quantitative estimate of drug-likeness (QED) is 0.841. The van der Waals surface area contributed by atoms with E-state index in [9.17, 15) is 4.79 Å². The molecule has 3 aliphatic rings. The van der Waals surface area contributed by atoms with Crippen LogP contribution in [0.15, 0.2) is 24.3 Å². The Kier molecular flexibility index (Phi) is 4.25. The maximum Gasteiger partial charge on any atom is 0.225 e. The van der Waals surface area contributed by atoms with E-state index in [1.165, 1.54) is 18.4 Å². The van der Waals surface area contributed by atoms with Crippen molar-refractivity contribution in [2.75, 3.05) is 32.8 Å². The molecule has 1 aromatic carbocycles. The molecule has 1 aliphatic carbocycles. The van der Waals surface area contributed by atoms with Crippen LogP contribution in [0.1, 0.15) is 43.7 Å². The van der Waals surface area contributed by atoms with E-state index in [1.807, 2.05) is 6.07 Å². The summed E-state index contributed by atoms with van der Waals surface area (Å²) in [5.41, 5.74) is 1.31. The molecule has 23 heavy (non-hydrogen) atoms. The van der Waals surface area contributed by atoms with E-state index in [4.69, 9.17) is 4.74 Å². The molecule has 2 heterocycles. The van der Waals surface area contributed by atoms with Crippen LogP contribution in [-0.2, 0) is 4.79 Å². The third-order valence-corrected chi connectivity index (χ3v) is 5.70. The molecule has 0 spiro atoms. The van der Waals surface area contributed by atoms with Crippen LogP contribution in [0.3, 0.4) is 0 Å². The molecule has 4 rings (SSSR count). The molecule has 2 aliphatic heterocycles. The van der Waals surface area contributed by atoms with Gasteiger partial charge in [-0.1, -0.05) is 31.0 Å². The number of carbonyl (C=O) groups excluding carboxylic acids is 1. The van der Waals surface area contributed by atoms with Crippen LogP contribution < -0.4 is 4.74 Å². The van der Waals surface area contributed by atoms with E-state index in [0.29, 0.717) is 17.9 Å². The number of hydrogen-bond acceptors (Lipinski definition) is 3.